The average Bonchev–Trinajstić information content (AvgIpc) is 3.24. The van der Waals surface area contributed by atoms with Crippen LogP contribution in [0.3, 0.4) is 0 Å². The molecule has 4 aromatic rings. The van der Waals surface area contributed by atoms with E-state index in [0.717, 1.165) is 28.0 Å². The lowest BCUT2D eigenvalue weighted by Gasteiger charge is -2.35. The number of benzodiazepines with no additional fused rings is 1. The molecule has 12 nitrogen and oxygen atoms in total. The van der Waals surface area contributed by atoms with E-state index >= 15 is 0 Å². The number of urea groups is 1. The topological polar surface area (TPSA) is 144 Å². The summed E-state index contributed by atoms with van der Waals surface area (Å²) in [6.07, 6.45) is 1.67. The quantitative estimate of drug-likeness (QED) is 0.161. The van der Waals surface area contributed by atoms with Crippen LogP contribution in [0, 0.1) is 13.8 Å². The van der Waals surface area contributed by atoms with Gasteiger partial charge in [0.2, 0.25) is 11.9 Å². The van der Waals surface area contributed by atoms with Crippen molar-refractivity contribution in [2.45, 2.75) is 33.7 Å². The number of aromatic nitrogens is 1. The van der Waals surface area contributed by atoms with Gasteiger partial charge in [0.1, 0.15) is 11.9 Å². The van der Waals surface area contributed by atoms with Crippen molar-refractivity contribution in [3.8, 4) is 0 Å². The molecule has 3 aromatic carbocycles. The second-order valence-corrected chi connectivity index (χ2v) is 12.2. The van der Waals surface area contributed by atoms with Crippen LogP contribution in [-0.2, 0) is 4.79 Å². The number of rotatable bonds is 6. The summed E-state index contributed by atoms with van der Waals surface area (Å²) in [5, 5.41) is 8.97. The van der Waals surface area contributed by atoms with Crippen molar-refractivity contribution in [3.63, 3.8) is 0 Å². The van der Waals surface area contributed by atoms with E-state index in [1.165, 1.54) is 4.90 Å². The maximum atomic E-state index is 13.7. The summed E-state index contributed by atoms with van der Waals surface area (Å²) in [5.41, 5.74) is 7.51. The number of carbonyl (C=O) groups is 3. The first kappa shape index (κ1) is 33.5. The number of nitrogens with one attached hydrogen (secondary N) is 3. The predicted molar refractivity (Wildman–Crippen MR) is 199 cm³/mol. The van der Waals surface area contributed by atoms with Gasteiger partial charge >= 0.3 is 6.03 Å². The summed E-state index contributed by atoms with van der Waals surface area (Å²) >= 11 is 0. The Labute approximate surface area is 290 Å². The Balaban J connectivity index is 1.23. The van der Waals surface area contributed by atoms with E-state index in [0.29, 0.717) is 39.8 Å². The fraction of sp³-hybridized carbons (Fsp3) is 0.184. The number of aliphatic imine (C=N–C) groups is 3. The van der Waals surface area contributed by atoms with E-state index < -0.39 is 6.04 Å². The van der Waals surface area contributed by atoms with Crippen LogP contribution < -0.4 is 20.9 Å². The van der Waals surface area contributed by atoms with E-state index in [-0.39, 0.29) is 30.3 Å². The average molecular weight is 668 g/mol. The molecule has 2 aliphatic heterocycles. The third kappa shape index (κ3) is 6.90. The Kier molecular flexibility index (Phi) is 9.35. The number of pyridine rings is 1. The van der Waals surface area contributed by atoms with Gasteiger partial charge in [-0.1, -0.05) is 36.4 Å². The molecule has 50 heavy (non-hydrogen) atoms. The summed E-state index contributed by atoms with van der Waals surface area (Å²) in [5.74, 6) is 0.0508. The lowest BCUT2D eigenvalue weighted by Crippen LogP contribution is -2.46. The highest BCUT2D eigenvalue weighted by Gasteiger charge is 2.31. The lowest BCUT2D eigenvalue weighted by molar-refractivity contribution is -0.116. The van der Waals surface area contributed by atoms with Gasteiger partial charge in [0.25, 0.3) is 5.91 Å². The van der Waals surface area contributed by atoms with Gasteiger partial charge in [0, 0.05) is 35.1 Å². The first-order valence-corrected chi connectivity index (χ1v) is 16.0. The van der Waals surface area contributed by atoms with E-state index in [1.54, 1.807) is 55.4 Å². The number of nitrogens with zero attached hydrogens (tertiary/aromatic N) is 6. The number of fused-ring (bicyclic) bond motifs is 1. The normalized spacial score (nSPS) is 16.3. The first-order chi connectivity index (χ1) is 24.0. The van der Waals surface area contributed by atoms with Crippen molar-refractivity contribution >= 4 is 59.0 Å². The minimum atomic E-state index is -0.604. The van der Waals surface area contributed by atoms with E-state index in [2.05, 4.69) is 42.6 Å². The molecule has 0 spiro atoms. The number of hydrogen-bond donors (Lipinski definition) is 3. The van der Waals surface area contributed by atoms with Gasteiger partial charge < -0.3 is 16.0 Å². The zero-order chi connectivity index (χ0) is 35.5. The van der Waals surface area contributed by atoms with Gasteiger partial charge in [-0.2, -0.15) is 4.99 Å². The SMILES string of the molecule is C=N/C(=N\C1=C(C)CN(c2cc(NC(=O)c3ccc4c(c3)NC(=O)[C@H](C)N=C4c3ccccc3)ccc2C)C(=O)N1C)Nc1ccc(C)nc1. The largest absolute Gasteiger partial charge is 0.330 e. The van der Waals surface area contributed by atoms with Crippen LogP contribution in [-0.4, -0.2) is 65.8 Å². The summed E-state index contributed by atoms with van der Waals surface area (Å²) in [7, 11) is 1.65. The Morgan fingerprint density at radius 2 is 1.72 bits per heavy atom. The molecule has 2 aliphatic rings. The van der Waals surface area contributed by atoms with Crippen molar-refractivity contribution < 1.29 is 14.4 Å². The molecular formula is C38H37N9O3. The van der Waals surface area contributed by atoms with Crippen molar-refractivity contribution in [3.05, 3.63) is 124 Å². The van der Waals surface area contributed by atoms with Gasteiger partial charge in [-0.25, -0.2) is 9.79 Å². The van der Waals surface area contributed by atoms with Gasteiger partial charge in [-0.15, -0.1) is 0 Å². The molecule has 0 fully saturated rings. The number of carbonyl (C=O) groups excluding carboxylic acids is 3. The Morgan fingerprint density at radius 1 is 0.960 bits per heavy atom. The zero-order valence-corrected chi connectivity index (χ0v) is 28.5. The third-order valence-electron chi connectivity index (χ3n) is 8.44. The number of aryl methyl sites for hydroxylation is 2. The maximum Gasteiger partial charge on any atom is 0.330 e. The second kappa shape index (κ2) is 14.0. The Hall–Kier alpha value is -6.43. The van der Waals surface area contributed by atoms with Crippen molar-refractivity contribution in [2.24, 2.45) is 15.0 Å². The molecule has 0 unspecified atom stereocenters. The number of benzene rings is 3. The van der Waals surface area contributed by atoms with Crippen LogP contribution in [0.15, 0.2) is 111 Å². The highest BCUT2D eigenvalue weighted by molar-refractivity contribution is 6.20. The van der Waals surface area contributed by atoms with Gasteiger partial charge in [0.15, 0.2) is 0 Å². The van der Waals surface area contributed by atoms with Crippen LogP contribution in [0.4, 0.5) is 27.5 Å². The van der Waals surface area contributed by atoms with E-state index in [1.807, 2.05) is 69.3 Å². The molecule has 6 rings (SSSR count). The van der Waals surface area contributed by atoms with Crippen LogP contribution in [0.5, 0.6) is 0 Å². The van der Waals surface area contributed by atoms with Gasteiger partial charge in [-0.3, -0.25) is 29.4 Å². The van der Waals surface area contributed by atoms with Gasteiger partial charge in [-0.05, 0) is 88.0 Å². The van der Waals surface area contributed by atoms with Crippen LogP contribution in [0.25, 0.3) is 0 Å². The van der Waals surface area contributed by atoms with E-state index in [4.69, 9.17) is 0 Å². The molecule has 12 heteroatoms. The molecule has 0 saturated carbocycles. The number of amides is 4. The minimum absolute atomic E-state index is 0.231. The monoisotopic (exact) mass is 667 g/mol. The molecular weight excluding hydrogens is 630 g/mol. The lowest BCUT2D eigenvalue weighted by atomic mass is 9.98. The fourth-order valence-corrected chi connectivity index (χ4v) is 5.73. The number of anilines is 4. The van der Waals surface area contributed by atoms with Crippen molar-refractivity contribution in [2.75, 3.05) is 34.4 Å². The number of hydrogen-bond acceptors (Lipinski definition) is 6. The molecule has 0 saturated heterocycles. The predicted octanol–water partition coefficient (Wildman–Crippen LogP) is 6.40. The molecule has 0 aliphatic carbocycles. The summed E-state index contributed by atoms with van der Waals surface area (Å²) in [6, 6.07) is 23.0. The van der Waals surface area contributed by atoms with Crippen LogP contribution >= 0.6 is 0 Å². The summed E-state index contributed by atoms with van der Waals surface area (Å²) in [4.78, 5) is 60.8. The molecule has 1 aromatic heterocycles. The third-order valence-corrected chi connectivity index (χ3v) is 8.44. The summed E-state index contributed by atoms with van der Waals surface area (Å²) < 4.78 is 0. The van der Waals surface area contributed by atoms with Crippen LogP contribution in [0.2, 0.25) is 0 Å². The minimum Gasteiger partial charge on any atom is -0.324 e. The smallest absolute Gasteiger partial charge is 0.324 e. The molecule has 0 bridgehead atoms. The van der Waals surface area contributed by atoms with Crippen molar-refractivity contribution in [1.82, 2.24) is 9.88 Å². The highest BCUT2D eigenvalue weighted by atomic mass is 16.2. The maximum absolute atomic E-state index is 13.7. The molecule has 252 valence electrons. The fourth-order valence-electron chi connectivity index (χ4n) is 5.73. The first-order valence-electron chi connectivity index (χ1n) is 16.0. The molecule has 0 radical (unpaired) electrons. The molecule has 3 N–H and O–H groups in total. The Bertz CT molecular complexity index is 2100. The van der Waals surface area contributed by atoms with E-state index in [9.17, 15) is 14.4 Å². The van der Waals surface area contributed by atoms with Gasteiger partial charge in [0.05, 0.1) is 35.5 Å². The number of guanidine groups is 1. The molecule has 1 atom stereocenters. The zero-order valence-electron chi connectivity index (χ0n) is 28.5. The second-order valence-electron chi connectivity index (χ2n) is 12.2. The molecule has 4 amide bonds. The highest BCUT2D eigenvalue weighted by Crippen LogP contribution is 2.31. The summed E-state index contributed by atoms with van der Waals surface area (Å²) in [6.45, 7) is 11.3. The standard InChI is InChI=1S/C38H37N9O3/c1-22-12-15-28(42-36(49)27-14-17-30-31(18-27)44-35(48)25(4)41-33(30)26-10-8-7-9-11-26)19-32(22)47-21-23(2)34(46(6)38(47)50)45-37(39-5)43-29-16-13-24(3)40-20-29/h7-20,25H,5,21H2,1-4,6H3,(H,42,49)(H,43,45)(H,44,48)/t25-/m0/s1. The Morgan fingerprint density at radius 3 is 2.44 bits per heavy atom. The molecule has 3 heterocycles. The van der Waals surface area contributed by atoms with Crippen molar-refractivity contribution in [1.29, 1.82) is 0 Å². The van der Waals surface area contributed by atoms with Crippen LogP contribution in [0.1, 0.15) is 46.6 Å².